The normalized spacial score (nSPS) is 23.1. The lowest BCUT2D eigenvalue weighted by molar-refractivity contribution is -0.121. The molecule has 0 aliphatic carbocycles. The van der Waals surface area contributed by atoms with Gasteiger partial charge >= 0.3 is 0 Å². The van der Waals surface area contributed by atoms with Crippen LogP contribution in [0.4, 0.5) is 0 Å². The van der Waals surface area contributed by atoms with Crippen LogP contribution in [0.3, 0.4) is 0 Å². The summed E-state index contributed by atoms with van der Waals surface area (Å²) in [4.78, 5) is 0. The van der Waals surface area contributed by atoms with Gasteiger partial charge in [0.15, 0.2) is 0 Å². The summed E-state index contributed by atoms with van der Waals surface area (Å²) in [6.07, 6.45) is 0.311. The van der Waals surface area contributed by atoms with Crippen molar-refractivity contribution >= 4 is 0 Å². The molecule has 0 aromatic heterocycles. The zero-order valence-electron chi connectivity index (χ0n) is 6.04. The summed E-state index contributed by atoms with van der Waals surface area (Å²) in [5.41, 5.74) is 0. The van der Waals surface area contributed by atoms with Crippen molar-refractivity contribution in [1.82, 2.24) is 0 Å². The Morgan fingerprint density at radius 2 is 2.20 bits per heavy atom. The van der Waals surface area contributed by atoms with E-state index < -0.39 is 0 Å². The molecule has 1 unspecified atom stereocenters. The molecule has 4 heteroatoms. The predicted molar refractivity (Wildman–Crippen MR) is 33.5 cm³/mol. The predicted octanol–water partition coefficient (Wildman–Crippen LogP) is -0.0202. The molecule has 0 N–H and O–H groups in total. The fraction of sp³-hybridized carbons (Fsp3) is 1.00. The third kappa shape index (κ3) is 3.79. The number of hydrogen-bond donors (Lipinski definition) is 0. The molecule has 0 bridgehead atoms. The van der Waals surface area contributed by atoms with Gasteiger partial charge < -0.3 is 18.9 Å². The molecule has 0 amide bonds. The number of ether oxygens (including phenoxy) is 4. The van der Waals surface area contributed by atoms with E-state index in [1.165, 1.54) is 0 Å². The van der Waals surface area contributed by atoms with Crippen molar-refractivity contribution < 1.29 is 18.9 Å². The lowest BCUT2D eigenvalue weighted by Crippen LogP contribution is -2.06. The van der Waals surface area contributed by atoms with E-state index in [1.54, 1.807) is 7.11 Å². The van der Waals surface area contributed by atoms with E-state index in [-0.39, 0.29) is 13.6 Å². The first kappa shape index (κ1) is 7.94. The molecule has 1 saturated heterocycles. The summed E-state index contributed by atoms with van der Waals surface area (Å²) in [6.45, 7) is 2.02. The van der Waals surface area contributed by atoms with Crippen molar-refractivity contribution in [3.05, 3.63) is 0 Å². The lowest BCUT2D eigenvalue weighted by atomic mass is 10.5. The molecule has 60 valence electrons. The summed E-state index contributed by atoms with van der Waals surface area (Å²) in [7, 11) is 1.57. The van der Waals surface area contributed by atoms with Crippen LogP contribution in [-0.4, -0.2) is 40.0 Å². The van der Waals surface area contributed by atoms with Gasteiger partial charge in [0, 0.05) is 7.11 Å². The zero-order chi connectivity index (χ0) is 7.23. The average molecular weight is 148 g/mol. The molecule has 1 aliphatic rings. The monoisotopic (exact) mass is 148 g/mol. The minimum atomic E-state index is 0.283. The van der Waals surface area contributed by atoms with Crippen LogP contribution in [0, 0.1) is 0 Å². The fourth-order valence-electron chi connectivity index (χ4n) is 0.520. The lowest BCUT2D eigenvalue weighted by Gasteiger charge is -2.01. The first-order chi connectivity index (χ1) is 4.93. The second-order valence-corrected chi connectivity index (χ2v) is 2.05. The minimum Gasteiger partial charge on any atom is -0.371 e. The highest BCUT2D eigenvalue weighted by Crippen LogP contribution is 2.07. The highest BCUT2D eigenvalue weighted by molar-refractivity contribution is 4.66. The van der Waals surface area contributed by atoms with E-state index in [0.29, 0.717) is 12.7 Å². The maximum atomic E-state index is 5.03. The Morgan fingerprint density at radius 1 is 1.40 bits per heavy atom. The van der Waals surface area contributed by atoms with Gasteiger partial charge in [-0.3, -0.25) is 0 Å². The van der Waals surface area contributed by atoms with Crippen LogP contribution in [0.2, 0.25) is 0 Å². The van der Waals surface area contributed by atoms with Crippen LogP contribution in [0.15, 0.2) is 0 Å². The largest absolute Gasteiger partial charge is 0.371 e. The Kier molecular flexibility index (Phi) is 3.67. The molecular formula is C6H12O4. The smallest absolute Gasteiger partial charge is 0.149 e. The van der Waals surface area contributed by atoms with E-state index in [0.717, 1.165) is 6.61 Å². The Hall–Kier alpha value is -0.160. The van der Waals surface area contributed by atoms with E-state index in [2.05, 4.69) is 4.74 Å². The van der Waals surface area contributed by atoms with Gasteiger partial charge in [-0.2, -0.15) is 0 Å². The van der Waals surface area contributed by atoms with Crippen LogP contribution < -0.4 is 0 Å². The van der Waals surface area contributed by atoms with Crippen LogP contribution in [0.5, 0.6) is 0 Å². The molecule has 0 radical (unpaired) electrons. The Bertz CT molecular complexity index is 81.8. The third-order valence-electron chi connectivity index (χ3n) is 1.07. The van der Waals surface area contributed by atoms with Gasteiger partial charge in [-0.1, -0.05) is 0 Å². The van der Waals surface area contributed by atoms with Crippen molar-refractivity contribution in [2.75, 3.05) is 33.9 Å². The van der Waals surface area contributed by atoms with Gasteiger partial charge in [0.05, 0.1) is 13.2 Å². The topological polar surface area (TPSA) is 40.2 Å². The summed E-state index contributed by atoms with van der Waals surface area (Å²) < 4.78 is 19.4. The molecule has 0 saturated carbocycles. The van der Waals surface area contributed by atoms with Gasteiger partial charge in [-0.15, -0.1) is 0 Å². The fourth-order valence-corrected chi connectivity index (χ4v) is 0.520. The Labute approximate surface area is 60.0 Å². The number of hydrogen-bond acceptors (Lipinski definition) is 4. The quantitative estimate of drug-likeness (QED) is 0.301. The second kappa shape index (κ2) is 4.62. The van der Waals surface area contributed by atoms with Gasteiger partial charge in [-0.05, 0) is 0 Å². The molecular weight excluding hydrogens is 136 g/mol. The number of methoxy groups -OCH3 is 1. The van der Waals surface area contributed by atoms with Crippen LogP contribution in [0.25, 0.3) is 0 Å². The molecule has 4 nitrogen and oxygen atoms in total. The molecule has 0 aromatic carbocycles. The Morgan fingerprint density at radius 3 is 2.80 bits per heavy atom. The summed E-state index contributed by atoms with van der Waals surface area (Å²) in [5, 5.41) is 0. The van der Waals surface area contributed by atoms with Gasteiger partial charge in [0.2, 0.25) is 0 Å². The highest BCUT2D eigenvalue weighted by Gasteiger charge is 2.21. The van der Waals surface area contributed by atoms with Gasteiger partial charge in [0.1, 0.15) is 19.7 Å². The maximum Gasteiger partial charge on any atom is 0.149 e. The molecule has 1 rings (SSSR count). The molecule has 1 aliphatic heterocycles. The van der Waals surface area contributed by atoms with Crippen LogP contribution in [0.1, 0.15) is 0 Å². The summed E-state index contributed by atoms with van der Waals surface area (Å²) in [5.74, 6) is 0. The molecule has 1 atom stereocenters. The number of rotatable bonds is 6. The van der Waals surface area contributed by atoms with E-state index >= 15 is 0 Å². The van der Waals surface area contributed by atoms with Crippen molar-refractivity contribution in [2.45, 2.75) is 6.10 Å². The van der Waals surface area contributed by atoms with Crippen LogP contribution in [-0.2, 0) is 18.9 Å². The zero-order valence-corrected chi connectivity index (χ0v) is 6.04. The van der Waals surface area contributed by atoms with Gasteiger partial charge in [0.25, 0.3) is 0 Å². The van der Waals surface area contributed by atoms with E-state index in [9.17, 15) is 0 Å². The first-order valence-electron chi connectivity index (χ1n) is 3.19. The first-order valence-corrected chi connectivity index (χ1v) is 3.19. The minimum absolute atomic E-state index is 0.283. The van der Waals surface area contributed by atoms with Crippen molar-refractivity contribution in [3.63, 3.8) is 0 Å². The SMILES string of the molecule is COCOCOCC1CO1. The van der Waals surface area contributed by atoms with Crippen molar-refractivity contribution in [3.8, 4) is 0 Å². The highest BCUT2D eigenvalue weighted by atomic mass is 16.7. The molecule has 0 aromatic rings. The van der Waals surface area contributed by atoms with Crippen molar-refractivity contribution in [2.24, 2.45) is 0 Å². The van der Waals surface area contributed by atoms with E-state index in [4.69, 9.17) is 14.2 Å². The molecule has 10 heavy (non-hydrogen) atoms. The maximum absolute atomic E-state index is 5.03. The van der Waals surface area contributed by atoms with Gasteiger partial charge in [-0.25, -0.2) is 0 Å². The van der Waals surface area contributed by atoms with E-state index in [1.807, 2.05) is 0 Å². The average Bonchev–Trinajstić information content (AvgIpc) is 2.71. The van der Waals surface area contributed by atoms with Crippen molar-refractivity contribution in [1.29, 1.82) is 0 Å². The van der Waals surface area contributed by atoms with Crippen LogP contribution >= 0.6 is 0 Å². The summed E-state index contributed by atoms with van der Waals surface area (Å²) in [6, 6.07) is 0. The third-order valence-corrected chi connectivity index (χ3v) is 1.07. The molecule has 1 fully saturated rings. The Balaban J connectivity index is 1.68. The second-order valence-electron chi connectivity index (χ2n) is 2.05. The molecule has 1 heterocycles. The standard InChI is InChI=1S/C6H12O4/c1-7-4-9-5-8-2-6-3-10-6/h6H,2-5H2,1H3. The summed E-state index contributed by atoms with van der Waals surface area (Å²) >= 11 is 0. The number of epoxide rings is 1. The molecule has 0 spiro atoms.